The Bertz CT molecular complexity index is 979. The standard InChI is InChI=1S/C21H19NO6/c1-2-16(24)22-9-5-6-10-28-15-11-14(23)17-18(21(15)27)20(26)13-8-4-3-7-12(13)19(17)25/h2-4,7-8,11,23,27H,1,5-6,9-10H2,(H,22,24). The van der Waals surface area contributed by atoms with Crippen molar-refractivity contribution in [3.05, 3.63) is 65.2 Å². The van der Waals surface area contributed by atoms with Crippen LogP contribution in [-0.4, -0.2) is 40.8 Å². The van der Waals surface area contributed by atoms with Crippen LogP contribution in [0.5, 0.6) is 17.2 Å². The molecule has 1 aliphatic rings. The van der Waals surface area contributed by atoms with Crippen molar-refractivity contribution in [1.29, 1.82) is 0 Å². The van der Waals surface area contributed by atoms with E-state index in [0.717, 1.165) is 6.07 Å². The van der Waals surface area contributed by atoms with Gasteiger partial charge in [-0.25, -0.2) is 0 Å². The number of hydrogen-bond donors (Lipinski definition) is 3. The highest BCUT2D eigenvalue weighted by atomic mass is 16.5. The van der Waals surface area contributed by atoms with Gasteiger partial charge >= 0.3 is 0 Å². The summed E-state index contributed by atoms with van der Waals surface area (Å²) in [6, 6.07) is 7.38. The molecule has 2 aromatic carbocycles. The summed E-state index contributed by atoms with van der Waals surface area (Å²) in [5, 5.41) is 23.4. The molecule has 7 nitrogen and oxygen atoms in total. The Kier molecular flexibility index (Phi) is 5.44. The van der Waals surface area contributed by atoms with Gasteiger partial charge in [-0.3, -0.25) is 14.4 Å². The molecule has 28 heavy (non-hydrogen) atoms. The van der Waals surface area contributed by atoms with Crippen molar-refractivity contribution in [2.45, 2.75) is 12.8 Å². The van der Waals surface area contributed by atoms with Gasteiger partial charge in [0.25, 0.3) is 0 Å². The number of benzene rings is 2. The van der Waals surface area contributed by atoms with Crippen molar-refractivity contribution in [2.24, 2.45) is 0 Å². The van der Waals surface area contributed by atoms with E-state index in [2.05, 4.69) is 11.9 Å². The molecule has 0 radical (unpaired) electrons. The second-order valence-electron chi connectivity index (χ2n) is 6.25. The van der Waals surface area contributed by atoms with E-state index in [1.54, 1.807) is 12.1 Å². The molecule has 1 amide bonds. The number of ether oxygens (including phenoxy) is 1. The van der Waals surface area contributed by atoms with Gasteiger partial charge in [0, 0.05) is 23.7 Å². The van der Waals surface area contributed by atoms with Crippen LogP contribution < -0.4 is 10.1 Å². The largest absolute Gasteiger partial charge is 0.507 e. The van der Waals surface area contributed by atoms with Crippen LogP contribution in [0.4, 0.5) is 0 Å². The van der Waals surface area contributed by atoms with Crippen molar-refractivity contribution in [1.82, 2.24) is 5.32 Å². The molecule has 0 spiro atoms. The lowest BCUT2D eigenvalue weighted by molar-refractivity contribution is -0.116. The molecule has 144 valence electrons. The van der Waals surface area contributed by atoms with Crippen LogP contribution in [0.2, 0.25) is 0 Å². The molecule has 0 unspecified atom stereocenters. The van der Waals surface area contributed by atoms with E-state index in [1.807, 2.05) is 0 Å². The van der Waals surface area contributed by atoms with Crippen molar-refractivity contribution in [3.63, 3.8) is 0 Å². The Balaban J connectivity index is 1.77. The number of aromatic hydroxyl groups is 2. The Hall–Kier alpha value is -3.61. The summed E-state index contributed by atoms with van der Waals surface area (Å²) >= 11 is 0. The highest BCUT2D eigenvalue weighted by Gasteiger charge is 2.35. The van der Waals surface area contributed by atoms with Crippen LogP contribution in [0.1, 0.15) is 44.7 Å². The zero-order valence-electron chi connectivity index (χ0n) is 15.0. The summed E-state index contributed by atoms with van der Waals surface area (Å²) in [6.07, 6.45) is 2.37. The molecule has 3 rings (SSSR count). The fourth-order valence-electron chi connectivity index (χ4n) is 3.04. The Morgan fingerprint density at radius 3 is 2.36 bits per heavy atom. The molecule has 0 saturated heterocycles. The predicted molar refractivity (Wildman–Crippen MR) is 101 cm³/mol. The van der Waals surface area contributed by atoms with E-state index in [9.17, 15) is 24.6 Å². The molecule has 0 aliphatic heterocycles. The highest BCUT2D eigenvalue weighted by molar-refractivity contribution is 6.30. The summed E-state index contributed by atoms with van der Waals surface area (Å²) in [5.74, 6) is -2.30. The lowest BCUT2D eigenvalue weighted by Crippen LogP contribution is -2.22. The molecule has 0 aromatic heterocycles. The minimum atomic E-state index is -0.546. The molecule has 3 N–H and O–H groups in total. The fraction of sp³-hybridized carbons (Fsp3) is 0.190. The number of hydrogen-bond acceptors (Lipinski definition) is 6. The first-order valence-corrected chi connectivity index (χ1v) is 8.76. The highest BCUT2D eigenvalue weighted by Crippen LogP contribution is 2.43. The van der Waals surface area contributed by atoms with Gasteiger partial charge in [0.1, 0.15) is 5.75 Å². The van der Waals surface area contributed by atoms with E-state index in [0.29, 0.717) is 19.4 Å². The molecule has 1 aliphatic carbocycles. The van der Waals surface area contributed by atoms with Gasteiger partial charge in [-0.05, 0) is 18.9 Å². The normalized spacial score (nSPS) is 12.1. The van der Waals surface area contributed by atoms with Gasteiger partial charge in [-0.2, -0.15) is 0 Å². The second kappa shape index (κ2) is 7.96. The van der Waals surface area contributed by atoms with E-state index in [1.165, 1.54) is 18.2 Å². The molecule has 0 bridgehead atoms. The van der Waals surface area contributed by atoms with E-state index >= 15 is 0 Å². The molecule has 0 heterocycles. The third-order valence-electron chi connectivity index (χ3n) is 4.43. The van der Waals surface area contributed by atoms with Gasteiger partial charge in [-0.15, -0.1) is 0 Å². The van der Waals surface area contributed by atoms with Gasteiger partial charge in [-0.1, -0.05) is 30.8 Å². The van der Waals surface area contributed by atoms with Crippen LogP contribution in [-0.2, 0) is 4.79 Å². The monoisotopic (exact) mass is 381 g/mol. The minimum absolute atomic E-state index is 0.0769. The summed E-state index contributed by atoms with van der Waals surface area (Å²) < 4.78 is 5.48. The van der Waals surface area contributed by atoms with E-state index < -0.39 is 23.1 Å². The van der Waals surface area contributed by atoms with Gasteiger partial charge in [0.2, 0.25) is 5.91 Å². The quantitative estimate of drug-likeness (QED) is 0.329. The number of amides is 1. The van der Waals surface area contributed by atoms with E-state index in [-0.39, 0.29) is 40.5 Å². The van der Waals surface area contributed by atoms with E-state index in [4.69, 9.17) is 4.74 Å². The number of unbranched alkanes of at least 4 members (excludes halogenated alkanes) is 1. The van der Waals surface area contributed by atoms with Gasteiger partial charge < -0.3 is 20.3 Å². The summed E-state index contributed by atoms with van der Waals surface area (Å²) in [5.41, 5.74) is -0.118. The average molecular weight is 381 g/mol. The number of fused-ring (bicyclic) bond motifs is 2. The first-order chi connectivity index (χ1) is 13.5. The average Bonchev–Trinajstić information content (AvgIpc) is 2.70. The fourth-order valence-corrected chi connectivity index (χ4v) is 3.04. The lowest BCUT2D eigenvalue weighted by atomic mass is 9.83. The first kappa shape index (κ1) is 19.2. The lowest BCUT2D eigenvalue weighted by Gasteiger charge is -2.21. The predicted octanol–water partition coefficient (Wildman–Crippen LogP) is 2.33. The number of rotatable bonds is 7. The third kappa shape index (κ3) is 3.46. The van der Waals surface area contributed by atoms with Crippen LogP contribution in [0, 0.1) is 0 Å². The molecule has 0 saturated carbocycles. The zero-order chi connectivity index (χ0) is 20.3. The minimum Gasteiger partial charge on any atom is -0.507 e. The number of phenols is 2. The molecule has 2 aromatic rings. The van der Waals surface area contributed by atoms with Crippen LogP contribution in [0.3, 0.4) is 0 Å². The SMILES string of the molecule is C=CC(=O)NCCCCOc1cc(O)c2c(c1O)C(=O)c1ccccc1C2=O. The first-order valence-electron chi connectivity index (χ1n) is 8.76. The maximum absolute atomic E-state index is 12.8. The van der Waals surface area contributed by atoms with Crippen LogP contribution in [0.25, 0.3) is 0 Å². The maximum atomic E-state index is 12.8. The molecule has 0 fully saturated rings. The Morgan fingerprint density at radius 2 is 1.71 bits per heavy atom. The summed E-state index contributed by atoms with van der Waals surface area (Å²) in [4.78, 5) is 36.5. The topological polar surface area (TPSA) is 113 Å². The number of ketones is 2. The number of carbonyl (C=O) groups excluding carboxylic acids is 3. The number of nitrogens with one attached hydrogen (secondary N) is 1. The molecule has 0 atom stereocenters. The van der Waals surface area contributed by atoms with Crippen molar-refractivity contribution >= 4 is 17.5 Å². The molecular formula is C21H19NO6. The molecular weight excluding hydrogens is 362 g/mol. The van der Waals surface area contributed by atoms with Crippen molar-refractivity contribution < 1.29 is 29.3 Å². The van der Waals surface area contributed by atoms with Crippen LogP contribution in [0.15, 0.2) is 43.0 Å². The molecule has 7 heteroatoms. The van der Waals surface area contributed by atoms with Gasteiger partial charge in [0.05, 0.1) is 17.7 Å². The number of carbonyl (C=O) groups is 3. The third-order valence-corrected chi connectivity index (χ3v) is 4.43. The number of phenolic OH excluding ortho intramolecular Hbond substituents is 2. The second-order valence-corrected chi connectivity index (χ2v) is 6.25. The Labute approximate surface area is 161 Å². The summed E-state index contributed by atoms with van der Waals surface area (Å²) in [6.45, 7) is 3.99. The smallest absolute Gasteiger partial charge is 0.243 e. The van der Waals surface area contributed by atoms with Crippen molar-refractivity contribution in [2.75, 3.05) is 13.2 Å². The van der Waals surface area contributed by atoms with Crippen molar-refractivity contribution in [3.8, 4) is 17.2 Å². The summed E-state index contributed by atoms with van der Waals surface area (Å²) in [7, 11) is 0. The van der Waals surface area contributed by atoms with Crippen LogP contribution >= 0.6 is 0 Å². The van der Waals surface area contributed by atoms with Gasteiger partial charge in [0.15, 0.2) is 23.1 Å². The maximum Gasteiger partial charge on any atom is 0.243 e. The Morgan fingerprint density at radius 1 is 1.07 bits per heavy atom. The zero-order valence-corrected chi connectivity index (χ0v) is 15.0.